The molecule has 0 saturated heterocycles. The van der Waals surface area contributed by atoms with Gasteiger partial charge in [-0.1, -0.05) is 39.4 Å². The van der Waals surface area contributed by atoms with E-state index in [1.54, 1.807) is 42.5 Å². The smallest absolute Gasteiger partial charge is 0.315 e. The number of ether oxygens (including phenoxy) is 1. The number of methoxy groups -OCH3 is 1. The molecule has 1 aromatic heterocycles. The van der Waals surface area contributed by atoms with Crippen molar-refractivity contribution >= 4 is 38.7 Å². The zero-order valence-electron chi connectivity index (χ0n) is 13.4. The molecule has 0 radical (unpaired) electrons. The standard InChI is InChI=1S/C18H11BrN2O4S/c1-25-13-5-3-2-4-12(13)21-17(23)15(26-18(21)24)14-10-8-9(19)6-7-11(10)20-16(14)22/h2-8,23H,1H3. The lowest BCUT2D eigenvalue weighted by Crippen LogP contribution is -2.22. The van der Waals surface area contributed by atoms with Crippen LogP contribution in [0, 0.1) is 0 Å². The van der Waals surface area contributed by atoms with Gasteiger partial charge in [-0.2, -0.15) is 0 Å². The van der Waals surface area contributed by atoms with Crippen molar-refractivity contribution in [3.8, 4) is 17.3 Å². The van der Waals surface area contributed by atoms with Gasteiger partial charge in [0.25, 0.3) is 5.91 Å². The Labute approximate surface area is 159 Å². The van der Waals surface area contributed by atoms with E-state index < -0.39 is 10.8 Å². The van der Waals surface area contributed by atoms with Crippen molar-refractivity contribution in [2.24, 2.45) is 4.99 Å². The maximum atomic E-state index is 12.6. The molecule has 3 aromatic rings. The molecule has 130 valence electrons. The molecule has 1 N–H and O–H groups in total. The highest BCUT2D eigenvalue weighted by atomic mass is 79.9. The Morgan fingerprint density at radius 3 is 2.73 bits per heavy atom. The van der Waals surface area contributed by atoms with Crippen LogP contribution < -0.4 is 20.2 Å². The van der Waals surface area contributed by atoms with Gasteiger partial charge in [0.1, 0.15) is 10.6 Å². The van der Waals surface area contributed by atoms with E-state index in [4.69, 9.17) is 4.74 Å². The predicted molar refractivity (Wildman–Crippen MR) is 101 cm³/mol. The number of amides is 1. The number of aromatic hydroxyl groups is 1. The molecule has 1 aliphatic rings. The van der Waals surface area contributed by atoms with Crippen molar-refractivity contribution in [2.75, 3.05) is 7.11 Å². The Morgan fingerprint density at radius 1 is 1.19 bits per heavy atom. The van der Waals surface area contributed by atoms with E-state index in [1.165, 1.54) is 7.11 Å². The molecule has 4 rings (SSSR count). The minimum atomic E-state index is -0.484. The largest absolute Gasteiger partial charge is 0.495 e. The summed E-state index contributed by atoms with van der Waals surface area (Å²) >= 11 is 4.16. The van der Waals surface area contributed by atoms with E-state index in [2.05, 4.69) is 20.9 Å². The van der Waals surface area contributed by atoms with Gasteiger partial charge in [-0.25, -0.2) is 9.56 Å². The van der Waals surface area contributed by atoms with Crippen molar-refractivity contribution in [1.29, 1.82) is 0 Å². The quantitative estimate of drug-likeness (QED) is 0.685. The van der Waals surface area contributed by atoms with Gasteiger partial charge >= 0.3 is 4.87 Å². The molecule has 0 fully saturated rings. The van der Waals surface area contributed by atoms with Gasteiger partial charge in [0.2, 0.25) is 5.88 Å². The lowest BCUT2D eigenvalue weighted by Gasteiger charge is -2.09. The van der Waals surface area contributed by atoms with Crippen LogP contribution in [-0.4, -0.2) is 22.7 Å². The van der Waals surface area contributed by atoms with Crippen molar-refractivity contribution in [3.05, 3.63) is 72.1 Å². The SMILES string of the molecule is COc1ccccc1-n1c(O)c(C2=c3cc(Br)ccc3=NC2=O)sc1=O. The summed E-state index contributed by atoms with van der Waals surface area (Å²) in [6.07, 6.45) is 0. The molecular weight excluding hydrogens is 420 g/mol. The summed E-state index contributed by atoms with van der Waals surface area (Å²) in [7, 11) is 1.48. The Morgan fingerprint density at radius 2 is 1.96 bits per heavy atom. The summed E-state index contributed by atoms with van der Waals surface area (Å²) in [6, 6.07) is 12.1. The maximum Gasteiger partial charge on any atom is 0.315 e. The third-order valence-electron chi connectivity index (χ3n) is 4.00. The fourth-order valence-electron chi connectivity index (χ4n) is 2.86. The van der Waals surface area contributed by atoms with Crippen LogP contribution in [0.5, 0.6) is 11.6 Å². The van der Waals surface area contributed by atoms with Crippen LogP contribution in [0.2, 0.25) is 0 Å². The van der Waals surface area contributed by atoms with Crippen LogP contribution in [0.3, 0.4) is 0 Å². The molecule has 0 bridgehead atoms. The van der Waals surface area contributed by atoms with E-state index >= 15 is 0 Å². The highest BCUT2D eigenvalue weighted by molar-refractivity contribution is 9.10. The normalized spacial score (nSPS) is 12.8. The Balaban J connectivity index is 2.03. The number of thiazole rings is 1. The molecule has 1 aliphatic heterocycles. The van der Waals surface area contributed by atoms with Crippen LogP contribution in [0.15, 0.2) is 56.7 Å². The third-order valence-corrected chi connectivity index (χ3v) is 5.45. The lowest BCUT2D eigenvalue weighted by atomic mass is 10.1. The molecule has 0 aliphatic carbocycles. The molecule has 26 heavy (non-hydrogen) atoms. The highest BCUT2D eigenvalue weighted by Crippen LogP contribution is 2.33. The van der Waals surface area contributed by atoms with Gasteiger partial charge in [-0.3, -0.25) is 9.59 Å². The average molecular weight is 431 g/mol. The number of benzene rings is 2. The second-order valence-electron chi connectivity index (χ2n) is 5.48. The Bertz CT molecular complexity index is 1240. The molecule has 8 heteroatoms. The second-order valence-corrected chi connectivity index (χ2v) is 7.36. The first-order valence-electron chi connectivity index (χ1n) is 7.52. The number of aromatic nitrogens is 1. The molecule has 1 amide bonds. The summed E-state index contributed by atoms with van der Waals surface area (Å²) in [5.74, 6) is -0.359. The van der Waals surface area contributed by atoms with Crippen LogP contribution in [-0.2, 0) is 4.79 Å². The average Bonchev–Trinajstić information content (AvgIpc) is 3.09. The highest BCUT2D eigenvalue weighted by Gasteiger charge is 2.27. The fourth-order valence-corrected chi connectivity index (χ4v) is 4.16. The van der Waals surface area contributed by atoms with Gasteiger partial charge in [0.05, 0.1) is 23.7 Å². The van der Waals surface area contributed by atoms with E-state index in [-0.39, 0.29) is 16.3 Å². The molecule has 2 aromatic carbocycles. The molecule has 0 atom stereocenters. The number of nitrogens with zero attached hydrogens (tertiary/aromatic N) is 2. The molecule has 2 heterocycles. The van der Waals surface area contributed by atoms with Crippen molar-refractivity contribution in [2.45, 2.75) is 0 Å². The molecule has 0 spiro atoms. The van der Waals surface area contributed by atoms with Crippen LogP contribution in [0.25, 0.3) is 11.3 Å². The van der Waals surface area contributed by atoms with Crippen LogP contribution >= 0.6 is 27.3 Å². The summed E-state index contributed by atoms with van der Waals surface area (Å²) in [6.45, 7) is 0. The lowest BCUT2D eigenvalue weighted by molar-refractivity contribution is -0.112. The number of carbonyl (C=O) groups excluding carboxylic acids is 1. The minimum absolute atomic E-state index is 0.187. The second kappa shape index (κ2) is 6.22. The van der Waals surface area contributed by atoms with Gasteiger partial charge in [0.15, 0.2) is 0 Å². The minimum Gasteiger partial charge on any atom is -0.495 e. The van der Waals surface area contributed by atoms with E-state index in [0.717, 1.165) is 20.4 Å². The summed E-state index contributed by atoms with van der Waals surface area (Å²) in [5.41, 5.74) is 0.618. The van der Waals surface area contributed by atoms with Gasteiger partial charge in [-0.15, -0.1) is 0 Å². The zero-order chi connectivity index (χ0) is 18.4. The summed E-state index contributed by atoms with van der Waals surface area (Å²) < 4.78 is 7.18. The summed E-state index contributed by atoms with van der Waals surface area (Å²) in [4.78, 5) is 28.8. The van der Waals surface area contributed by atoms with Gasteiger partial charge < -0.3 is 9.84 Å². The first-order chi connectivity index (χ1) is 12.5. The van der Waals surface area contributed by atoms with Crippen LogP contribution in [0.4, 0.5) is 0 Å². The number of para-hydroxylation sites is 2. The number of halogens is 1. The summed E-state index contributed by atoms with van der Waals surface area (Å²) in [5, 5.41) is 11.8. The molecular formula is C18H11BrN2O4S. The Hall–Kier alpha value is -2.71. The number of carbonyl (C=O) groups is 1. The first-order valence-corrected chi connectivity index (χ1v) is 9.13. The monoisotopic (exact) mass is 430 g/mol. The molecule has 6 nitrogen and oxygen atoms in total. The Kier molecular flexibility index (Phi) is 4.01. The molecule has 0 saturated carbocycles. The van der Waals surface area contributed by atoms with Crippen molar-refractivity contribution < 1.29 is 14.6 Å². The van der Waals surface area contributed by atoms with Crippen molar-refractivity contribution in [1.82, 2.24) is 4.57 Å². The first kappa shape index (κ1) is 16.7. The predicted octanol–water partition coefficient (Wildman–Crippen LogP) is 1.73. The van der Waals surface area contributed by atoms with Crippen LogP contribution in [0.1, 0.15) is 4.88 Å². The molecule has 0 unspecified atom stereocenters. The topological polar surface area (TPSA) is 80.9 Å². The van der Waals surface area contributed by atoms with Crippen molar-refractivity contribution in [3.63, 3.8) is 0 Å². The van der Waals surface area contributed by atoms with Gasteiger partial charge in [0, 0.05) is 9.69 Å². The maximum absolute atomic E-state index is 12.6. The number of rotatable bonds is 3. The van der Waals surface area contributed by atoms with E-state index in [0.29, 0.717) is 22.0 Å². The van der Waals surface area contributed by atoms with E-state index in [1.807, 2.05) is 0 Å². The number of hydrogen-bond acceptors (Lipinski definition) is 5. The third kappa shape index (κ3) is 2.49. The fraction of sp³-hybridized carbons (Fsp3) is 0.0556. The van der Waals surface area contributed by atoms with E-state index in [9.17, 15) is 14.7 Å². The number of fused-ring (bicyclic) bond motifs is 1. The van der Waals surface area contributed by atoms with Gasteiger partial charge in [-0.05, 0) is 30.3 Å². The number of hydrogen-bond donors (Lipinski definition) is 1. The zero-order valence-corrected chi connectivity index (χ0v) is 15.8.